The summed E-state index contributed by atoms with van der Waals surface area (Å²) >= 11 is 0. The van der Waals surface area contributed by atoms with Gasteiger partial charge in [0.15, 0.2) is 5.79 Å². The first kappa shape index (κ1) is 10.4. The summed E-state index contributed by atoms with van der Waals surface area (Å²) in [5.41, 5.74) is 0. The van der Waals surface area contributed by atoms with Crippen LogP contribution in [0.15, 0.2) is 0 Å². The van der Waals surface area contributed by atoms with E-state index in [1.807, 2.05) is 0 Å². The minimum Gasteiger partial charge on any atom is -0.347 e. The lowest BCUT2D eigenvalue weighted by Crippen LogP contribution is -2.53. The highest BCUT2D eigenvalue weighted by molar-refractivity contribution is 4.91. The highest BCUT2D eigenvalue weighted by Crippen LogP contribution is 2.34. The molecule has 0 aliphatic carbocycles. The predicted octanol–water partition coefficient (Wildman–Crippen LogP) is 1.67. The van der Waals surface area contributed by atoms with Crippen LogP contribution < -0.4 is 5.32 Å². The molecule has 1 spiro atoms. The Kier molecular flexibility index (Phi) is 3.10. The maximum Gasteiger partial charge on any atom is 0.171 e. The van der Waals surface area contributed by atoms with Crippen molar-refractivity contribution in [3.8, 4) is 0 Å². The van der Waals surface area contributed by atoms with Gasteiger partial charge in [-0.2, -0.15) is 0 Å². The predicted molar refractivity (Wildman–Crippen MR) is 55.2 cm³/mol. The summed E-state index contributed by atoms with van der Waals surface area (Å²) < 4.78 is 11.6. The number of ether oxygens (including phenoxy) is 2. The fraction of sp³-hybridized carbons (Fsp3) is 1.00. The summed E-state index contributed by atoms with van der Waals surface area (Å²) in [6.45, 7) is 5.98. The van der Waals surface area contributed by atoms with Gasteiger partial charge in [0.25, 0.3) is 0 Å². The molecule has 2 fully saturated rings. The van der Waals surface area contributed by atoms with Gasteiger partial charge in [0.05, 0.1) is 13.2 Å². The molecule has 82 valence electrons. The Morgan fingerprint density at radius 3 is 2.00 bits per heavy atom. The molecule has 0 saturated carbocycles. The van der Waals surface area contributed by atoms with Gasteiger partial charge in [-0.1, -0.05) is 13.8 Å². The van der Waals surface area contributed by atoms with E-state index in [1.165, 1.54) is 0 Å². The SMILES string of the molecule is CCC1CC2(CC(CC)N1)OCCO2. The zero-order valence-electron chi connectivity index (χ0n) is 9.21. The van der Waals surface area contributed by atoms with E-state index in [0.29, 0.717) is 12.1 Å². The molecule has 0 radical (unpaired) electrons. The second kappa shape index (κ2) is 4.17. The van der Waals surface area contributed by atoms with Crippen LogP contribution in [0.3, 0.4) is 0 Å². The minimum atomic E-state index is -0.243. The van der Waals surface area contributed by atoms with Crippen LogP contribution in [0.1, 0.15) is 39.5 Å². The Labute approximate surface area is 86.2 Å². The Bertz CT molecular complexity index is 176. The molecule has 2 rings (SSSR count). The minimum absolute atomic E-state index is 0.243. The molecule has 3 nitrogen and oxygen atoms in total. The quantitative estimate of drug-likeness (QED) is 0.734. The van der Waals surface area contributed by atoms with E-state index < -0.39 is 0 Å². The fourth-order valence-electron chi connectivity index (χ4n) is 2.54. The van der Waals surface area contributed by atoms with Gasteiger partial charge in [-0.15, -0.1) is 0 Å². The third-order valence-corrected chi connectivity index (χ3v) is 3.39. The highest BCUT2D eigenvalue weighted by atomic mass is 16.7. The second-order valence-electron chi connectivity index (χ2n) is 4.39. The van der Waals surface area contributed by atoms with Crippen LogP contribution in [-0.2, 0) is 9.47 Å². The first-order valence-electron chi connectivity index (χ1n) is 5.82. The Morgan fingerprint density at radius 1 is 1.07 bits per heavy atom. The van der Waals surface area contributed by atoms with Gasteiger partial charge in [0, 0.05) is 24.9 Å². The number of piperidine rings is 1. The van der Waals surface area contributed by atoms with Crippen molar-refractivity contribution in [2.75, 3.05) is 13.2 Å². The van der Waals surface area contributed by atoms with Crippen LogP contribution in [0.5, 0.6) is 0 Å². The second-order valence-corrected chi connectivity index (χ2v) is 4.39. The molecule has 1 N–H and O–H groups in total. The van der Waals surface area contributed by atoms with Crippen LogP contribution in [0.25, 0.3) is 0 Å². The third-order valence-electron chi connectivity index (χ3n) is 3.39. The summed E-state index contributed by atoms with van der Waals surface area (Å²) in [6, 6.07) is 1.12. The van der Waals surface area contributed by atoms with E-state index in [1.54, 1.807) is 0 Å². The zero-order valence-corrected chi connectivity index (χ0v) is 9.21. The van der Waals surface area contributed by atoms with Crippen molar-refractivity contribution in [3.63, 3.8) is 0 Å². The molecule has 2 atom stereocenters. The van der Waals surface area contributed by atoms with Crippen molar-refractivity contribution in [3.05, 3.63) is 0 Å². The average molecular weight is 199 g/mol. The normalized spacial score (nSPS) is 36.4. The van der Waals surface area contributed by atoms with Crippen molar-refractivity contribution in [2.24, 2.45) is 0 Å². The van der Waals surface area contributed by atoms with E-state index in [2.05, 4.69) is 19.2 Å². The van der Waals surface area contributed by atoms with E-state index in [-0.39, 0.29) is 5.79 Å². The topological polar surface area (TPSA) is 30.5 Å². The lowest BCUT2D eigenvalue weighted by atomic mass is 9.90. The molecule has 0 aromatic carbocycles. The molecule has 3 heteroatoms. The molecular weight excluding hydrogens is 178 g/mol. The van der Waals surface area contributed by atoms with Gasteiger partial charge in [-0.25, -0.2) is 0 Å². The van der Waals surface area contributed by atoms with Crippen LogP contribution in [0.2, 0.25) is 0 Å². The Hall–Kier alpha value is -0.120. The van der Waals surface area contributed by atoms with Crippen molar-refractivity contribution in [1.29, 1.82) is 0 Å². The summed E-state index contributed by atoms with van der Waals surface area (Å²) in [6.07, 6.45) is 4.34. The average Bonchev–Trinajstić information content (AvgIpc) is 2.65. The van der Waals surface area contributed by atoms with E-state index in [0.717, 1.165) is 38.9 Å². The molecule has 2 aliphatic rings. The van der Waals surface area contributed by atoms with E-state index >= 15 is 0 Å². The summed E-state index contributed by atoms with van der Waals surface area (Å²) in [5.74, 6) is -0.243. The largest absolute Gasteiger partial charge is 0.347 e. The van der Waals surface area contributed by atoms with Crippen molar-refractivity contribution >= 4 is 0 Å². The van der Waals surface area contributed by atoms with Crippen LogP contribution in [-0.4, -0.2) is 31.1 Å². The van der Waals surface area contributed by atoms with Crippen LogP contribution >= 0.6 is 0 Å². The summed E-state index contributed by atoms with van der Waals surface area (Å²) in [7, 11) is 0. The number of rotatable bonds is 2. The first-order valence-corrected chi connectivity index (χ1v) is 5.82. The maximum atomic E-state index is 5.78. The molecule has 2 unspecified atom stereocenters. The number of hydrogen-bond donors (Lipinski definition) is 1. The standard InChI is InChI=1S/C11H21NO2/c1-3-9-7-11(13-5-6-14-11)8-10(4-2)12-9/h9-10,12H,3-8H2,1-2H3. The summed E-state index contributed by atoms with van der Waals surface area (Å²) in [5, 5.41) is 3.64. The molecule has 2 aliphatic heterocycles. The zero-order chi connectivity index (χ0) is 10.0. The molecule has 2 saturated heterocycles. The van der Waals surface area contributed by atoms with Gasteiger partial charge in [-0.3, -0.25) is 0 Å². The fourth-order valence-corrected chi connectivity index (χ4v) is 2.54. The molecule has 0 aromatic rings. The summed E-state index contributed by atoms with van der Waals surface area (Å²) in [4.78, 5) is 0. The smallest absolute Gasteiger partial charge is 0.171 e. The maximum absolute atomic E-state index is 5.78. The monoisotopic (exact) mass is 199 g/mol. The van der Waals surface area contributed by atoms with Gasteiger partial charge in [0.1, 0.15) is 0 Å². The van der Waals surface area contributed by atoms with Gasteiger partial charge in [0.2, 0.25) is 0 Å². The lowest BCUT2D eigenvalue weighted by Gasteiger charge is -2.41. The molecule has 0 bridgehead atoms. The van der Waals surface area contributed by atoms with E-state index in [9.17, 15) is 0 Å². The molecule has 0 aromatic heterocycles. The third kappa shape index (κ3) is 1.95. The molecule has 0 amide bonds. The van der Waals surface area contributed by atoms with Crippen molar-refractivity contribution in [1.82, 2.24) is 5.32 Å². The molecular formula is C11H21NO2. The lowest BCUT2D eigenvalue weighted by molar-refractivity contribution is -0.188. The van der Waals surface area contributed by atoms with Gasteiger partial charge < -0.3 is 14.8 Å². The van der Waals surface area contributed by atoms with E-state index in [4.69, 9.17) is 9.47 Å². The van der Waals surface area contributed by atoms with Crippen molar-refractivity contribution in [2.45, 2.75) is 57.4 Å². The van der Waals surface area contributed by atoms with Crippen LogP contribution in [0, 0.1) is 0 Å². The Morgan fingerprint density at radius 2 is 1.57 bits per heavy atom. The van der Waals surface area contributed by atoms with Crippen molar-refractivity contribution < 1.29 is 9.47 Å². The Balaban J connectivity index is 2.03. The van der Waals surface area contributed by atoms with Crippen LogP contribution in [0.4, 0.5) is 0 Å². The van der Waals surface area contributed by atoms with Gasteiger partial charge in [-0.05, 0) is 12.8 Å². The highest BCUT2D eigenvalue weighted by Gasteiger charge is 2.43. The molecule has 2 heterocycles. The number of nitrogens with one attached hydrogen (secondary N) is 1. The number of hydrogen-bond acceptors (Lipinski definition) is 3. The molecule has 14 heavy (non-hydrogen) atoms. The van der Waals surface area contributed by atoms with Gasteiger partial charge >= 0.3 is 0 Å². The first-order chi connectivity index (χ1) is 6.78.